The average Bonchev–Trinajstić information content (AvgIpc) is 3.30. The van der Waals surface area contributed by atoms with Gasteiger partial charge in [-0.25, -0.2) is 19.2 Å². The molecule has 2 bridgehead atoms. The largest absolute Gasteiger partial charge is 0.444 e. The number of alkyl carbamates (subject to hydrolysis) is 1. The number of ether oxygens (including phenoxy) is 2. The second kappa shape index (κ2) is 7.35. The fourth-order valence-corrected chi connectivity index (χ4v) is 3.32. The second-order valence-corrected chi connectivity index (χ2v) is 6.52. The molecule has 11 heteroatoms. The van der Waals surface area contributed by atoms with Crippen LogP contribution in [-0.2, 0) is 16.1 Å². The minimum absolute atomic E-state index is 0.0610. The van der Waals surface area contributed by atoms with Gasteiger partial charge in [-0.1, -0.05) is 0 Å². The van der Waals surface area contributed by atoms with E-state index in [0.717, 1.165) is 13.0 Å². The van der Waals surface area contributed by atoms with E-state index in [2.05, 4.69) is 19.9 Å². The third-order valence-corrected chi connectivity index (χ3v) is 4.63. The number of anilines is 1. The van der Waals surface area contributed by atoms with Crippen LogP contribution in [-0.4, -0.2) is 52.3 Å². The molecule has 2 aromatic heterocycles. The van der Waals surface area contributed by atoms with E-state index >= 15 is 0 Å². The molecule has 4 rings (SSSR count). The zero-order valence-corrected chi connectivity index (χ0v) is 14.8. The Kier molecular flexibility index (Phi) is 4.74. The van der Waals surface area contributed by atoms with Gasteiger partial charge in [-0.3, -0.25) is 15.7 Å². The number of carbonyl (C=O) groups excluding carboxylic acids is 1. The third-order valence-electron chi connectivity index (χ3n) is 4.63. The zero-order valence-electron chi connectivity index (χ0n) is 14.8. The fourth-order valence-electron chi connectivity index (χ4n) is 3.32. The molecule has 0 aliphatic carbocycles. The summed E-state index contributed by atoms with van der Waals surface area (Å²) in [5.41, 5.74) is 5.63. The van der Waals surface area contributed by atoms with Crippen LogP contribution in [0.1, 0.15) is 12.0 Å². The van der Waals surface area contributed by atoms with Crippen LogP contribution >= 0.6 is 0 Å². The molecule has 2 aliphatic rings. The smallest absolute Gasteiger partial charge is 0.414 e. The Labute approximate surface area is 159 Å². The van der Waals surface area contributed by atoms with Gasteiger partial charge in [0.05, 0.1) is 18.8 Å². The monoisotopic (exact) mass is 387 g/mol. The summed E-state index contributed by atoms with van der Waals surface area (Å²) < 4.78 is 25.2. The molecule has 0 aromatic carbocycles. The number of aromatic nitrogens is 3. The molecule has 2 aliphatic heterocycles. The van der Waals surface area contributed by atoms with E-state index < -0.39 is 17.9 Å². The highest BCUT2D eigenvalue weighted by Gasteiger charge is 2.40. The molecule has 0 radical (unpaired) electrons. The Morgan fingerprint density at radius 2 is 2.21 bits per heavy atom. The molecular weight excluding hydrogens is 369 g/mol. The van der Waals surface area contributed by atoms with Crippen LogP contribution in [0.3, 0.4) is 0 Å². The summed E-state index contributed by atoms with van der Waals surface area (Å²) in [6.07, 6.45) is 4.71. The number of nitrogens with two attached hydrogens (primary N) is 1. The molecular formula is C17H18FN7O3. The quantitative estimate of drug-likeness (QED) is 0.516. The third kappa shape index (κ3) is 3.56. The molecule has 2 aromatic rings. The Morgan fingerprint density at radius 1 is 1.43 bits per heavy atom. The van der Waals surface area contributed by atoms with Crippen molar-refractivity contribution in [2.75, 3.05) is 18.1 Å². The van der Waals surface area contributed by atoms with Gasteiger partial charge in [0.1, 0.15) is 12.3 Å². The normalized spacial score (nSPS) is 20.2. The van der Waals surface area contributed by atoms with Crippen molar-refractivity contribution in [3.63, 3.8) is 0 Å². The number of nitrogens with one attached hydrogen (secondary N) is 2. The molecule has 1 amide bonds. The second-order valence-electron chi connectivity index (χ2n) is 6.52. The predicted octanol–water partition coefficient (Wildman–Crippen LogP) is 0.775. The van der Waals surface area contributed by atoms with Crippen molar-refractivity contribution in [2.45, 2.75) is 25.2 Å². The van der Waals surface area contributed by atoms with Gasteiger partial charge in [-0.15, -0.1) is 0 Å². The molecule has 28 heavy (non-hydrogen) atoms. The molecule has 0 saturated carbocycles. The highest BCUT2D eigenvalue weighted by molar-refractivity contribution is 5.90. The summed E-state index contributed by atoms with van der Waals surface area (Å²) in [6, 6.07) is 1.68. The molecule has 2 saturated heterocycles. The molecule has 0 spiro atoms. The number of amides is 1. The zero-order chi connectivity index (χ0) is 19.7. The number of pyridine rings is 1. The summed E-state index contributed by atoms with van der Waals surface area (Å²) in [7, 11) is 0. The van der Waals surface area contributed by atoms with Gasteiger partial charge in [-0.2, -0.15) is 0 Å². The van der Waals surface area contributed by atoms with E-state index in [1.807, 2.05) is 5.32 Å². The molecule has 146 valence electrons. The van der Waals surface area contributed by atoms with Gasteiger partial charge in [0.2, 0.25) is 5.95 Å². The number of guanidine groups is 1. The minimum atomic E-state index is -0.943. The van der Waals surface area contributed by atoms with Gasteiger partial charge in [0.15, 0.2) is 11.8 Å². The van der Waals surface area contributed by atoms with Crippen molar-refractivity contribution in [3.05, 3.63) is 36.0 Å². The molecule has 2 atom stereocenters. The maximum absolute atomic E-state index is 14.8. The van der Waals surface area contributed by atoms with Crippen LogP contribution in [0.4, 0.5) is 15.1 Å². The number of carbonyl (C=O) groups is 1. The molecule has 4 N–H and O–H groups in total. The van der Waals surface area contributed by atoms with Gasteiger partial charge in [0.25, 0.3) is 0 Å². The van der Waals surface area contributed by atoms with Crippen molar-refractivity contribution in [3.8, 4) is 11.3 Å². The van der Waals surface area contributed by atoms with Crippen molar-refractivity contribution in [1.82, 2.24) is 20.3 Å². The van der Waals surface area contributed by atoms with E-state index in [-0.39, 0.29) is 30.0 Å². The lowest BCUT2D eigenvalue weighted by Crippen LogP contribution is -2.38. The van der Waals surface area contributed by atoms with Crippen molar-refractivity contribution >= 4 is 18.0 Å². The van der Waals surface area contributed by atoms with E-state index in [0.29, 0.717) is 18.1 Å². The number of hydrogen-bond donors (Lipinski definition) is 3. The van der Waals surface area contributed by atoms with Gasteiger partial charge < -0.3 is 20.1 Å². The Morgan fingerprint density at radius 3 is 2.86 bits per heavy atom. The molecule has 2 unspecified atom stereocenters. The lowest BCUT2D eigenvalue weighted by Gasteiger charge is -2.26. The summed E-state index contributed by atoms with van der Waals surface area (Å²) in [4.78, 5) is 26.2. The first kappa shape index (κ1) is 18.0. The van der Waals surface area contributed by atoms with Crippen LogP contribution < -0.4 is 16.0 Å². The standard InChI is InChI=1S/C17H18FN7O3/c18-13-9(7-28-17(26)24-15(19)20)1-2-21-14(13)10-4-22-16(23-5-10)25-6-12-3-11(25)8-27-12/h1-2,4-5,11-12H,3,6-8H2,(H4,19,20,24,26). The molecule has 10 nitrogen and oxygen atoms in total. The first-order chi connectivity index (χ1) is 13.5. The van der Waals surface area contributed by atoms with E-state index in [4.69, 9.17) is 20.6 Å². The topological polar surface area (TPSA) is 139 Å². The Balaban J connectivity index is 1.48. The number of fused-ring (bicyclic) bond motifs is 2. The van der Waals surface area contributed by atoms with Crippen molar-refractivity contribution in [2.24, 2.45) is 5.73 Å². The van der Waals surface area contributed by atoms with Gasteiger partial charge >= 0.3 is 6.09 Å². The lowest BCUT2D eigenvalue weighted by atomic mass is 10.1. The molecule has 4 heterocycles. The maximum Gasteiger partial charge on any atom is 0.414 e. The van der Waals surface area contributed by atoms with Crippen LogP contribution in [0.2, 0.25) is 0 Å². The maximum atomic E-state index is 14.8. The van der Waals surface area contributed by atoms with E-state index in [9.17, 15) is 9.18 Å². The van der Waals surface area contributed by atoms with Crippen molar-refractivity contribution in [1.29, 1.82) is 5.41 Å². The highest BCUT2D eigenvalue weighted by atomic mass is 19.1. The van der Waals surface area contributed by atoms with Gasteiger partial charge in [-0.05, 0) is 12.5 Å². The number of hydrogen-bond acceptors (Lipinski definition) is 8. The first-order valence-electron chi connectivity index (χ1n) is 8.63. The Hall–Kier alpha value is -3.34. The van der Waals surface area contributed by atoms with Gasteiger partial charge in [0, 0.05) is 36.3 Å². The summed E-state index contributed by atoms with van der Waals surface area (Å²) in [5, 5.41) is 8.91. The van der Waals surface area contributed by atoms with Crippen LogP contribution in [0.15, 0.2) is 24.7 Å². The highest BCUT2D eigenvalue weighted by Crippen LogP contribution is 2.31. The number of morpholine rings is 1. The molecule has 2 fully saturated rings. The SMILES string of the molecule is N=C(N)NC(=O)OCc1ccnc(-c2cnc(N3CC4CC3CO4)nc2)c1F. The summed E-state index contributed by atoms with van der Waals surface area (Å²) >= 11 is 0. The van der Waals surface area contributed by atoms with Crippen molar-refractivity contribution < 1.29 is 18.7 Å². The average molecular weight is 387 g/mol. The van der Waals surface area contributed by atoms with Crippen LogP contribution in [0, 0.1) is 11.2 Å². The fraction of sp³-hybridized carbons (Fsp3) is 0.353. The Bertz CT molecular complexity index is 908. The predicted molar refractivity (Wildman–Crippen MR) is 95.9 cm³/mol. The summed E-state index contributed by atoms with van der Waals surface area (Å²) in [6.45, 7) is 1.09. The minimum Gasteiger partial charge on any atom is -0.444 e. The lowest BCUT2D eigenvalue weighted by molar-refractivity contribution is 0.0986. The first-order valence-corrected chi connectivity index (χ1v) is 8.63. The number of halogens is 1. The van der Waals surface area contributed by atoms with E-state index in [1.54, 1.807) is 0 Å². The number of rotatable bonds is 4. The van der Waals surface area contributed by atoms with Crippen LogP contribution in [0.25, 0.3) is 11.3 Å². The number of nitrogens with zero attached hydrogens (tertiary/aromatic N) is 4. The summed E-state index contributed by atoms with van der Waals surface area (Å²) in [5.74, 6) is -0.612. The van der Waals surface area contributed by atoms with Crippen LogP contribution in [0.5, 0.6) is 0 Å². The van der Waals surface area contributed by atoms with E-state index in [1.165, 1.54) is 24.7 Å².